The Labute approximate surface area is 94.8 Å². The van der Waals surface area contributed by atoms with Gasteiger partial charge in [-0.05, 0) is 37.2 Å². The third-order valence-corrected chi connectivity index (χ3v) is 2.14. The van der Waals surface area contributed by atoms with Crippen LogP contribution < -0.4 is 11.1 Å². The van der Waals surface area contributed by atoms with E-state index in [9.17, 15) is 9.59 Å². The van der Waals surface area contributed by atoms with Crippen LogP contribution >= 0.6 is 0 Å². The topological polar surface area (TPSA) is 72.2 Å². The van der Waals surface area contributed by atoms with Crippen LogP contribution in [0.25, 0.3) is 0 Å². The van der Waals surface area contributed by atoms with Crippen molar-refractivity contribution in [1.29, 1.82) is 0 Å². The zero-order chi connectivity index (χ0) is 12.0. The van der Waals surface area contributed by atoms with Gasteiger partial charge < -0.3 is 11.1 Å². The summed E-state index contributed by atoms with van der Waals surface area (Å²) >= 11 is 0. The zero-order valence-corrected chi connectivity index (χ0v) is 9.32. The molecule has 1 aromatic rings. The second-order valence-corrected chi connectivity index (χ2v) is 3.57. The Kier molecular flexibility index (Phi) is 4.66. The summed E-state index contributed by atoms with van der Waals surface area (Å²) in [5.74, 6) is -0.0398. The van der Waals surface area contributed by atoms with Crippen molar-refractivity contribution in [2.45, 2.75) is 19.8 Å². The van der Waals surface area contributed by atoms with Gasteiger partial charge in [-0.15, -0.1) is 0 Å². The Balaban J connectivity index is 2.63. The molecule has 0 aromatic heterocycles. The van der Waals surface area contributed by atoms with Crippen LogP contribution in [0.2, 0.25) is 0 Å². The molecule has 0 radical (unpaired) electrons. The van der Waals surface area contributed by atoms with Crippen LogP contribution in [0.1, 0.15) is 30.1 Å². The second-order valence-electron chi connectivity index (χ2n) is 3.57. The van der Waals surface area contributed by atoms with Gasteiger partial charge in [-0.2, -0.15) is 0 Å². The maximum absolute atomic E-state index is 11.6. The lowest BCUT2D eigenvalue weighted by atomic mass is 10.1. The minimum atomic E-state index is -0.123. The summed E-state index contributed by atoms with van der Waals surface area (Å²) < 4.78 is 0. The maximum Gasteiger partial charge on any atom is 0.221 e. The summed E-state index contributed by atoms with van der Waals surface area (Å²) in [6.07, 6.45) is 1.17. The van der Waals surface area contributed by atoms with Crippen LogP contribution in [0.3, 0.4) is 0 Å². The molecule has 3 N–H and O–H groups in total. The van der Waals surface area contributed by atoms with E-state index >= 15 is 0 Å². The molecule has 0 aliphatic heterocycles. The van der Waals surface area contributed by atoms with Crippen molar-refractivity contribution in [3.63, 3.8) is 0 Å². The molecule has 0 atom stereocenters. The van der Waals surface area contributed by atoms with Crippen LogP contribution in [0.4, 0.5) is 5.69 Å². The van der Waals surface area contributed by atoms with Crippen molar-refractivity contribution >= 4 is 17.4 Å². The maximum atomic E-state index is 11.6. The van der Waals surface area contributed by atoms with Gasteiger partial charge in [0.25, 0.3) is 0 Å². The third kappa shape index (κ3) is 3.82. The highest BCUT2D eigenvalue weighted by atomic mass is 16.1. The summed E-state index contributed by atoms with van der Waals surface area (Å²) in [5.41, 5.74) is 6.69. The first-order chi connectivity index (χ1) is 7.63. The molecule has 86 valence electrons. The molecular formula is C12H16N2O2. The van der Waals surface area contributed by atoms with E-state index in [-0.39, 0.29) is 11.7 Å². The molecule has 0 aliphatic carbocycles. The van der Waals surface area contributed by atoms with Crippen molar-refractivity contribution in [2.24, 2.45) is 5.73 Å². The number of rotatable bonds is 5. The third-order valence-electron chi connectivity index (χ3n) is 2.14. The SMILES string of the molecule is CC(=O)Nc1ccc(C(=O)CCCN)cc1. The predicted molar refractivity (Wildman–Crippen MR) is 63.4 cm³/mol. The molecule has 0 aliphatic rings. The Morgan fingerprint density at radius 1 is 1.25 bits per heavy atom. The fraction of sp³-hybridized carbons (Fsp3) is 0.333. The van der Waals surface area contributed by atoms with Gasteiger partial charge in [-0.1, -0.05) is 0 Å². The normalized spacial score (nSPS) is 9.88. The highest BCUT2D eigenvalue weighted by Gasteiger charge is 2.04. The molecule has 0 bridgehead atoms. The minimum Gasteiger partial charge on any atom is -0.330 e. The molecular weight excluding hydrogens is 204 g/mol. The molecule has 1 amide bonds. The smallest absolute Gasteiger partial charge is 0.221 e. The molecule has 16 heavy (non-hydrogen) atoms. The van der Waals surface area contributed by atoms with Crippen molar-refractivity contribution < 1.29 is 9.59 Å². The summed E-state index contributed by atoms with van der Waals surface area (Å²) in [4.78, 5) is 22.4. The monoisotopic (exact) mass is 220 g/mol. The fourth-order valence-corrected chi connectivity index (χ4v) is 1.35. The van der Waals surface area contributed by atoms with Crippen LogP contribution in [-0.4, -0.2) is 18.2 Å². The van der Waals surface area contributed by atoms with Crippen molar-refractivity contribution in [1.82, 2.24) is 0 Å². The number of Topliss-reactive ketones (excluding diaryl/α,β-unsaturated/α-hetero) is 1. The summed E-state index contributed by atoms with van der Waals surface area (Å²) in [6, 6.07) is 6.86. The van der Waals surface area contributed by atoms with E-state index in [0.717, 1.165) is 0 Å². The Hall–Kier alpha value is -1.68. The lowest BCUT2D eigenvalue weighted by molar-refractivity contribution is -0.114. The van der Waals surface area contributed by atoms with E-state index in [1.165, 1.54) is 6.92 Å². The fourth-order valence-electron chi connectivity index (χ4n) is 1.35. The lowest BCUT2D eigenvalue weighted by Gasteiger charge is -2.03. The van der Waals surface area contributed by atoms with Gasteiger partial charge in [-0.3, -0.25) is 9.59 Å². The minimum absolute atomic E-state index is 0.0832. The van der Waals surface area contributed by atoms with E-state index in [2.05, 4.69) is 5.32 Å². The molecule has 4 heteroatoms. The number of nitrogens with two attached hydrogens (primary N) is 1. The van der Waals surface area contributed by atoms with Crippen LogP contribution in [0, 0.1) is 0 Å². The number of carbonyl (C=O) groups excluding carboxylic acids is 2. The van der Waals surface area contributed by atoms with Gasteiger partial charge in [0.15, 0.2) is 5.78 Å². The highest BCUT2D eigenvalue weighted by Crippen LogP contribution is 2.11. The van der Waals surface area contributed by atoms with Crippen molar-refractivity contribution in [2.75, 3.05) is 11.9 Å². The number of nitrogens with one attached hydrogen (secondary N) is 1. The molecule has 0 saturated heterocycles. The molecule has 1 rings (SSSR count). The average molecular weight is 220 g/mol. The summed E-state index contributed by atoms with van der Waals surface area (Å²) in [5, 5.41) is 2.64. The highest BCUT2D eigenvalue weighted by molar-refractivity contribution is 5.97. The number of carbonyl (C=O) groups is 2. The number of anilines is 1. The number of benzene rings is 1. The Morgan fingerprint density at radius 3 is 2.38 bits per heavy atom. The zero-order valence-electron chi connectivity index (χ0n) is 9.32. The number of hydrogen-bond acceptors (Lipinski definition) is 3. The number of amides is 1. The molecule has 0 spiro atoms. The van der Waals surface area contributed by atoms with Crippen molar-refractivity contribution in [3.05, 3.63) is 29.8 Å². The van der Waals surface area contributed by atoms with Crippen molar-refractivity contribution in [3.8, 4) is 0 Å². The van der Waals surface area contributed by atoms with Gasteiger partial charge in [-0.25, -0.2) is 0 Å². The van der Waals surface area contributed by atoms with Gasteiger partial charge in [0.1, 0.15) is 0 Å². The molecule has 0 heterocycles. The van der Waals surface area contributed by atoms with Gasteiger partial charge in [0.05, 0.1) is 0 Å². The van der Waals surface area contributed by atoms with E-state index < -0.39 is 0 Å². The second kappa shape index (κ2) is 6.02. The molecule has 4 nitrogen and oxygen atoms in total. The summed E-state index contributed by atoms with van der Waals surface area (Å²) in [7, 11) is 0. The molecule has 1 aromatic carbocycles. The number of hydrogen-bond donors (Lipinski definition) is 2. The Morgan fingerprint density at radius 2 is 1.88 bits per heavy atom. The quantitative estimate of drug-likeness (QED) is 0.740. The number of ketones is 1. The molecule has 0 unspecified atom stereocenters. The molecule has 0 fully saturated rings. The van der Waals surface area contributed by atoms with E-state index in [0.29, 0.717) is 30.6 Å². The predicted octanol–water partition coefficient (Wildman–Crippen LogP) is 1.57. The largest absolute Gasteiger partial charge is 0.330 e. The van der Waals surface area contributed by atoms with Gasteiger partial charge in [0, 0.05) is 24.6 Å². The summed E-state index contributed by atoms with van der Waals surface area (Å²) in [6.45, 7) is 1.97. The first-order valence-electron chi connectivity index (χ1n) is 5.24. The van der Waals surface area contributed by atoms with E-state index in [1.807, 2.05) is 0 Å². The van der Waals surface area contributed by atoms with Gasteiger partial charge >= 0.3 is 0 Å². The van der Waals surface area contributed by atoms with E-state index in [4.69, 9.17) is 5.73 Å². The van der Waals surface area contributed by atoms with E-state index in [1.54, 1.807) is 24.3 Å². The van der Waals surface area contributed by atoms with Crippen LogP contribution in [-0.2, 0) is 4.79 Å². The van der Waals surface area contributed by atoms with Crippen LogP contribution in [0.5, 0.6) is 0 Å². The first-order valence-corrected chi connectivity index (χ1v) is 5.24. The standard InChI is InChI=1S/C12H16N2O2/c1-9(15)14-11-6-4-10(5-7-11)12(16)3-2-8-13/h4-7H,2-3,8,13H2,1H3,(H,14,15). The Bertz CT molecular complexity index is 371. The lowest BCUT2D eigenvalue weighted by Crippen LogP contribution is -2.07. The first kappa shape index (κ1) is 12.4. The van der Waals surface area contributed by atoms with Crippen LogP contribution in [0.15, 0.2) is 24.3 Å². The van der Waals surface area contributed by atoms with Gasteiger partial charge in [0.2, 0.25) is 5.91 Å². The average Bonchev–Trinajstić information content (AvgIpc) is 2.26. The molecule has 0 saturated carbocycles.